The van der Waals surface area contributed by atoms with Crippen molar-refractivity contribution in [3.8, 4) is 11.1 Å². The summed E-state index contributed by atoms with van der Waals surface area (Å²) >= 11 is 0. The summed E-state index contributed by atoms with van der Waals surface area (Å²) in [6.07, 6.45) is 7.75. The minimum absolute atomic E-state index is 0.412. The molecule has 0 aliphatic heterocycles. The Morgan fingerprint density at radius 3 is 2.07 bits per heavy atom. The fraction of sp³-hybridized carbons (Fsp3) is 0.273. The van der Waals surface area contributed by atoms with Crippen molar-refractivity contribution in [2.45, 2.75) is 32.8 Å². The van der Waals surface area contributed by atoms with Gasteiger partial charge in [-0.25, -0.2) is 9.97 Å². The molecular weight excluding hydrogens is 338 g/mol. The number of aliphatic hydroxyl groups is 1. The van der Waals surface area contributed by atoms with E-state index in [0.29, 0.717) is 17.7 Å². The van der Waals surface area contributed by atoms with E-state index < -0.39 is 11.0 Å². The molecule has 1 N–H and O–H groups in total. The molecule has 0 saturated heterocycles. The maximum absolute atomic E-state index is 11.6. The van der Waals surface area contributed by atoms with E-state index in [4.69, 9.17) is 0 Å². The van der Waals surface area contributed by atoms with Gasteiger partial charge >= 0.3 is 0 Å². The van der Waals surface area contributed by atoms with Crippen molar-refractivity contribution in [1.82, 2.24) is 15.0 Å². The highest BCUT2D eigenvalue weighted by molar-refractivity contribution is 5.64. The van der Waals surface area contributed by atoms with Gasteiger partial charge in [-0.15, -0.1) is 0 Å². The van der Waals surface area contributed by atoms with Crippen LogP contribution in [0.1, 0.15) is 37.6 Å². The monoisotopic (exact) mass is 361 g/mol. The van der Waals surface area contributed by atoms with Gasteiger partial charge in [-0.2, -0.15) is 0 Å². The van der Waals surface area contributed by atoms with Crippen molar-refractivity contribution < 1.29 is 9.90 Å². The second-order valence-electron chi connectivity index (χ2n) is 7.59. The molecule has 1 atom stereocenters. The smallest absolute Gasteiger partial charge is 0.139 e. The number of hydrogen-bond donors (Lipinski definition) is 1. The van der Waals surface area contributed by atoms with Gasteiger partial charge in [-0.1, -0.05) is 51.1 Å². The lowest BCUT2D eigenvalue weighted by Crippen LogP contribution is -2.42. The molecule has 5 nitrogen and oxygen atoms in total. The molecule has 2 heterocycles. The molecule has 0 spiro atoms. The zero-order valence-corrected chi connectivity index (χ0v) is 15.8. The van der Waals surface area contributed by atoms with E-state index in [0.717, 1.165) is 23.0 Å². The molecule has 3 aromatic rings. The van der Waals surface area contributed by atoms with Crippen LogP contribution < -0.4 is 0 Å². The molecule has 0 saturated carbocycles. The highest BCUT2D eigenvalue weighted by atomic mass is 16.3. The van der Waals surface area contributed by atoms with E-state index in [1.165, 1.54) is 6.33 Å². The van der Waals surface area contributed by atoms with E-state index in [9.17, 15) is 9.90 Å². The van der Waals surface area contributed by atoms with Crippen LogP contribution in [0, 0.1) is 5.41 Å². The second kappa shape index (κ2) is 7.37. The van der Waals surface area contributed by atoms with Gasteiger partial charge in [0.25, 0.3) is 0 Å². The molecule has 3 rings (SSSR count). The molecular formula is C22H23N3O2. The first-order chi connectivity index (χ1) is 12.9. The van der Waals surface area contributed by atoms with Gasteiger partial charge in [-0.3, -0.25) is 4.98 Å². The Bertz CT molecular complexity index is 901. The zero-order chi connectivity index (χ0) is 19.5. The summed E-state index contributed by atoms with van der Waals surface area (Å²) in [5, 5.41) is 11.6. The predicted octanol–water partition coefficient (Wildman–Crippen LogP) is 3.56. The van der Waals surface area contributed by atoms with Gasteiger partial charge in [0.15, 0.2) is 0 Å². The predicted molar refractivity (Wildman–Crippen MR) is 104 cm³/mol. The molecule has 138 valence electrons. The zero-order valence-electron chi connectivity index (χ0n) is 15.8. The molecule has 0 bridgehead atoms. The highest BCUT2D eigenvalue weighted by Crippen LogP contribution is 2.43. The first-order valence-corrected chi connectivity index (χ1v) is 8.83. The van der Waals surface area contributed by atoms with Crippen LogP contribution >= 0.6 is 0 Å². The third kappa shape index (κ3) is 3.64. The van der Waals surface area contributed by atoms with Crippen LogP contribution in [0.15, 0.2) is 61.3 Å². The SMILES string of the molecule is CC(C)(C)C(O)(c1cncnc1)c1ccc(-c2ccc(CC=O)cc2)cn1. The summed E-state index contributed by atoms with van der Waals surface area (Å²) < 4.78 is 0. The van der Waals surface area contributed by atoms with Gasteiger partial charge in [0, 0.05) is 41.6 Å². The first kappa shape index (κ1) is 18.9. The third-order valence-corrected chi connectivity index (χ3v) is 4.80. The minimum Gasteiger partial charge on any atom is -0.378 e. The first-order valence-electron chi connectivity index (χ1n) is 8.83. The molecule has 27 heavy (non-hydrogen) atoms. The Labute approximate surface area is 159 Å². The molecule has 0 radical (unpaired) electrons. The standard InChI is InChI=1S/C22H23N3O2/c1-21(2,3)22(27,19-13-23-15-24-14-19)20-9-8-18(12-25-20)17-6-4-16(5-7-17)10-11-26/h4-9,11-15,27H,10H2,1-3H3. The van der Waals surface area contributed by atoms with E-state index in [-0.39, 0.29) is 0 Å². The molecule has 0 aliphatic carbocycles. The van der Waals surface area contributed by atoms with Crippen LogP contribution in [0.2, 0.25) is 0 Å². The molecule has 1 aromatic carbocycles. The van der Waals surface area contributed by atoms with Gasteiger partial charge in [-0.05, 0) is 17.2 Å². The van der Waals surface area contributed by atoms with Gasteiger partial charge < -0.3 is 9.90 Å². The number of benzene rings is 1. The van der Waals surface area contributed by atoms with Crippen LogP contribution in [0.3, 0.4) is 0 Å². The van der Waals surface area contributed by atoms with Crippen LogP contribution in [-0.2, 0) is 16.8 Å². The highest BCUT2D eigenvalue weighted by Gasteiger charge is 2.45. The van der Waals surface area contributed by atoms with Gasteiger partial charge in [0.1, 0.15) is 18.2 Å². The van der Waals surface area contributed by atoms with E-state index in [2.05, 4.69) is 15.0 Å². The van der Waals surface area contributed by atoms with Gasteiger partial charge in [0.05, 0.1) is 5.69 Å². The lowest BCUT2D eigenvalue weighted by Gasteiger charge is -2.39. The Hall–Kier alpha value is -2.92. The normalized spacial score (nSPS) is 13.8. The number of aromatic nitrogens is 3. The van der Waals surface area contributed by atoms with Crippen LogP contribution in [0.5, 0.6) is 0 Å². The topological polar surface area (TPSA) is 76.0 Å². The number of rotatable bonds is 5. The Morgan fingerprint density at radius 2 is 1.56 bits per heavy atom. The maximum Gasteiger partial charge on any atom is 0.139 e. The largest absolute Gasteiger partial charge is 0.378 e. The van der Waals surface area contributed by atoms with Crippen LogP contribution in [0.25, 0.3) is 11.1 Å². The number of hydrogen-bond acceptors (Lipinski definition) is 5. The summed E-state index contributed by atoms with van der Waals surface area (Å²) in [7, 11) is 0. The molecule has 2 aromatic heterocycles. The summed E-state index contributed by atoms with van der Waals surface area (Å²) in [5.74, 6) is 0. The number of pyridine rings is 1. The molecule has 0 fully saturated rings. The van der Waals surface area contributed by atoms with E-state index >= 15 is 0 Å². The quantitative estimate of drug-likeness (QED) is 0.703. The summed E-state index contributed by atoms with van der Waals surface area (Å²) in [6.45, 7) is 5.88. The van der Waals surface area contributed by atoms with Crippen LogP contribution in [-0.4, -0.2) is 26.3 Å². The Morgan fingerprint density at radius 1 is 0.926 bits per heavy atom. The number of carbonyl (C=O) groups is 1. The van der Waals surface area contributed by atoms with E-state index in [1.54, 1.807) is 18.6 Å². The third-order valence-electron chi connectivity index (χ3n) is 4.80. The fourth-order valence-corrected chi connectivity index (χ4v) is 3.16. The minimum atomic E-state index is -1.32. The number of nitrogens with zero attached hydrogens (tertiary/aromatic N) is 3. The lowest BCUT2D eigenvalue weighted by atomic mass is 9.70. The summed E-state index contributed by atoms with van der Waals surface area (Å²) in [6, 6.07) is 11.6. The van der Waals surface area contributed by atoms with Crippen LogP contribution in [0.4, 0.5) is 0 Å². The average molecular weight is 361 g/mol. The van der Waals surface area contributed by atoms with Crippen molar-refractivity contribution in [2.75, 3.05) is 0 Å². The van der Waals surface area contributed by atoms with Crippen molar-refractivity contribution >= 4 is 6.29 Å². The molecule has 0 amide bonds. The van der Waals surface area contributed by atoms with Crippen molar-refractivity contribution in [2.24, 2.45) is 5.41 Å². The fourth-order valence-electron chi connectivity index (χ4n) is 3.16. The van der Waals surface area contributed by atoms with Crippen molar-refractivity contribution in [1.29, 1.82) is 0 Å². The molecule has 0 aliphatic rings. The molecule has 5 heteroatoms. The average Bonchev–Trinajstić information content (AvgIpc) is 2.68. The Kier molecular flexibility index (Phi) is 5.15. The van der Waals surface area contributed by atoms with Crippen molar-refractivity contribution in [3.63, 3.8) is 0 Å². The number of carbonyl (C=O) groups excluding carboxylic acids is 1. The lowest BCUT2D eigenvalue weighted by molar-refractivity contribution is -0.107. The number of aldehydes is 1. The van der Waals surface area contributed by atoms with Gasteiger partial charge in [0.2, 0.25) is 0 Å². The Balaban J connectivity index is 1.98. The van der Waals surface area contributed by atoms with E-state index in [1.807, 2.05) is 57.2 Å². The second-order valence-corrected chi connectivity index (χ2v) is 7.59. The summed E-state index contributed by atoms with van der Waals surface area (Å²) in [5.41, 5.74) is 2.25. The van der Waals surface area contributed by atoms with Crippen molar-refractivity contribution in [3.05, 3.63) is 78.1 Å². The molecule has 1 unspecified atom stereocenters. The maximum atomic E-state index is 11.6. The summed E-state index contributed by atoms with van der Waals surface area (Å²) in [4.78, 5) is 23.3.